The van der Waals surface area contributed by atoms with Gasteiger partial charge in [-0.1, -0.05) is 0 Å². The molecule has 0 aromatic heterocycles. The molecule has 10 heteroatoms. The van der Waals surface area contributed by atoms with Crippen molar-refractivity contribution >= 4 is 30.1 Å². The van der Waals surface area contributed by atoms with Crippen molar-refractivity contribution in [3.05, 3.63) is 0 Å². The SMILES string of the molecule is CCOC(=O)C(CCCNC(=O)OC(C)(C)C)(OCC1CCOSC1)C(=O)OCC. The Kier molecular flexibility index (Phi) is 11.5. The minimum Gasteiger partial charge on any atom is -0.463 e. The smallest absolute Gasteiger partial charge is 0.407 e. The number of esters is 2. The largest absolute Gasteiger partial charge is 0.463 e. The molecule has 9 nitrogen and oxygen atoms in total. The minimum absolute atomic E-state index is 0.0107. The molecule has 0 aliphatic carbocycles. The van der Waals surface area contributed by atoms with E-state index in [1.807, 2.05) is 0 Å². The van der Waals surface area contributed by atoms with Crippen LogP contribution in [0.4, 0.5) is 4.79 Å². The van der Waals surface area contributed by atoms with E-state index in [1.165, 1.54) is 12.0 Å². The lowest BCUT2D eigenvalue weighted by Crippen LogP contribution is -2.52. The molecule has 1 N–H and O–H groups in total. The van der Waals surface area contributed by atoms with E-state index >= 15 is 0 Å². The van der Waals surface area contributed by atoms with Crippen LogP contribution in [0.3, 0.4) is 0 Å². The van der Waals surface area contributed by atoms with Crippen LogP contribution in [-0.2, 0) is 32.7 Å². The minimum atomic E-state index is -1.87. The molecule has 1 amide bonds. The second-order valence-corrected chi connectivity index (χ2v) is 8.68. The fourth-order valence-electron chi connectivity index (χ4n) is 2.71. The van der Waals surface area contributed by atoms with Gasteiger partial charge in [-0.05, 0) is 65.4 Å². The van der Waals surface area contributed by atoms with Crippen molar-refractivity contribution in [2.45, 2.75) is 65.1 Å². The monoisotopic (exact) mass is 449 g/mol. The molecule has 0 aromatic rings. The van der Waals surface area contributed by atoms with Gasteiger partial charge in [-0.25, -0.2) is 14.4 Å². The first-order chi connectivity index (χ1) is 14.1. The second-order valence-electron chi connectivity index (χ2n) is 7.87. The van der Waals surface area contributed by atoms with Crippen LogP contribution in [0.25, 0.3) is 0 Å². The van der Waals surface area contributed by atoms with Crippen LogP contribution in [-0.4, -0.2) is 68.0 Å². The first-order valence-corrected chi connectivity index (χ1v) is 11.2. The number of hydrogen-bond donors (Lipinski definition) is 1. The van der Waals surface area contributed by atoms with Crippen LogP contribution in [0.1, 0.15) is 53.9 Å². The molecule has 1 fully saturated rings. The van der Waals surface area contributed by atoms with Gasteiger partial charge in [0, 0.05) is 18.7 Å². The van der Waals surface area contributed by atoms with E-state index in [2.05, 4.69) is 5.32 Å². The molecule has 0 radical (unpaired) electrons. The highest BCUT2D eigenvalue weighted by Gasteiger charge is 2.50. The van der Waals surface area contributed by atoms with Gasteiger partial charge in [0.1, 0.15) is 5.60 Å². The van der Waals surface area contributed by atoms with Crippen LogP contribution in [0, 0.1) is 5.92 Å². The molecule has 1 rings (SSSR count). The maximum atomic E-state index is 12.8. The second kappa shape index (κ2) is 13.0. The van der Waals surface area contributed by atoms with Crippen LogP contribution in [0.2, 0.25) is 0 Å². The molecule has 0 aromatic carbocycles. The number of rotatable bonds is 11. The summed E-state index contributed by atoms with van der Waals surface area (Å²) in [5.41, 5.74) is -2.49. The van der Waals surface area contributed by atoms with Crippen molar-refractivity contribution in [1.29, 1.82) is 0 Å². The highest BCUT2D eigenvalue weighted by molar-refractivity contribution is 7.94. The molecule has 0 spiro atoms. The van der Waals surface area contributed by atoms with E-state index < -0.39 is 29.2 Å². The van der Waals surface area contributed by atoms with E-state index in [4.69, 9.17) is 23.1 Å². The summed E-state index contributed by atoms with van der Waals surface area (Å²) in [7, 11) is 0. The Morgan fingerprint density at radius 3 is 2.23 bits per heavy atom. The van der Waals surface area contributed by atoms with Gasteiger partial charge in [-0.3, -0.25) is 0 Å². The van der Waals surface area contributed by atoms with Crippen LogP contribution < -0.4 is 5.32 Å². The Balaban J connectivity index is 2.82. The number of alkyl carbamates (subject to hydrolysis) is 1. The summed E-state index contributed by atoms with van der Waals surface area (Å²) in [6.07, 6.45) is 0.506. The van der Waals surface area contributed by atoms with Gasteiger partial charge in [0.25, 0.3) is 5.60 Å². The average molecular weight is 450 g/mol. The predicted molar refractivity (Wildman–Crippen MR) is 112 cm³/mol. The van der Waals surface area contributed by atoms with E-state index in [0.29, 0.717) is 18.8 Å². The van der Waals surface area contributed by atoms with Gasteiger partial charge < -0.3 is 28.4 Å². The zero-order chi connectivity index (χ0) is 22.6. The zero-order valence-electron chi connectivity index (χ0n) is 18.6. The molecular weight excluding hydrogens is 414 g/mol. The Morgan fingerprint density at radius 1 is 1.10 bits per heavy atom. The van der Waals surface area contributed by atoms with Gasteiger partial charge in [0.2, 0.25) is 0 Å². The summed E-state index contributed by atoms with van der Waals surface area (Å²) < 4.78 is 26.7. The quantitative estimate of drug-likeness (QED) is 0.167. The van der Waals surface area contributed by atoms with Crippen molar-refractivity contribution in [2.75, 3.05) is 38.7 Å². The van der Waals surface area contributed by atoms with E-state index in [0.717, 1.165) is 6.42 Å². The lowest BCUT2D eigenvalue weighted by Gasteiger charge is -2.31. The third-order valence-electron chi connectivity index (χ3n) is 4.15. The van der Waals surface area contributed by atoms with Gasteiger partial charge in [0.15, 0.2) is 0 Å². The fourth-order valence-corrected chi connectivity index (χ4v) is 3.47. The third kappa shape index (κ3) is 9.09. The van der Waals surface area contributed by atoms with Crippen LogP contribution in [0.5, 0.6) is 0 Å². The first kappa shape index (κ1) is 26.5. The summed E-state index contributed by atoms with van der Waals surface area (Å²) in [4.78, 5) is 37.4. The Morgan fingerprint density at radius 2 is 1.73 bits per heavy atom. The molecule has 0 bridgehead atoms. The molecule has 1 saturated heterocycles. The summed E-state index contributed by atoms with van der Waals surface area (Å²) in [6.45, 7) is 9.81. The number of hydrogen-bond acceptors (Lipinski definition) is 9. The van der Waals surface area contributed by atoms with E-state index in [1.54, 1.807) is 34.6 Å². The number of nitrogens with one attached hydrogen (secondary N) is 1. The van der Waals surface area contributed by atoms with Crippen molar-refractivity contribution in [3.8, 4) is 0 Å². The summed E-state index contributed by atoms with van der Waals surface area (Å²) >= 11 is 1.35. The lowest BCUT2D eigenvalue weighted by molar-refractivity contribution is -0.193. The van der Waals surface area contributed by atoms with Crippen molar-refractivity contribution < 1.29 is 37.5 Å². The maximum absolute atomic E-state index is 12.8. The highest BCUT2D eigenvalue weighted by atomic mass is 32.2. The first-order valence-electron chi connectivity index (χ1n) is 10.3. The zero-order valence-corrected chi connectivity index (χ0v) is 19.4. The summed E-state index contributed by atoms with van der Waals surface area (Å²) in [5, 5.41) is 2.62. The van der Waals surface area contributed by atoms with Gasteiger partial charge in [-0.15, -0.1) is 0 Å². The number of carbonyl (C=O) groups is 3. The van der Waals surface area contributed by atoms with Crippen molar-refractivity contribution in [3.63, 3.8) is 0 Å². The van der Waals surface area contributed by atoms with E-state index in [9.17, 15) is 14.4 Å². The molecule has 1 aliphatic heterocycles. The molecule has 30 heavy (non-hydrogen) atoms. The van der Waals surface area contributed by atoms with Gasteiger partial charge >= 0.3 is 18.0 Å². The van der Waals surface area contributed by atoms with Crippen molar-refractivity contribution in [2.24, 2.45) is 5.92 Å². The standard InChI is InChI=1S/C20H35NO8S/c1-6-25-16(22)20(17(23)26-7-2,27-13-15-9-12-28-30-14-15)10-8-11-21-18(24)29-19(3,4)5/h15H,6-14H2,1-5H3,(H,21,24). The molecule has 1 aliphatic rings. The molecule has 1 unspecified atom stereocenters. The Hall–Kier alpha value is -1.52. The molecule has 1 atom stereocenters. The third-order valence-corrected chi connectivity index (χ3v) is 5.09. The lowest BCUT2D eigenvalue weighted by atomic mass is 9.96. The Bertz CT molecular complexity index is 539. The normalized spacial score (nSPS) is 17.2. The summed E-state index contributed by atoms with van der Waals surface area (Å²) in [6, 6.07) is 0. The number of carbonyl (C=O) groups excluding carboxylic acids is 3. The highest BCUT2D eigenvalue weighted by Crippen LogP contribution is 2.27. The number of amides is 1. The van der Waals surface area contributed by atoms with Gasteiger partial charge in [0.05, 0.1) is 26.4 Å². The Labute approximate surface area is 183 Å². The molecule has 0 saturated carbocycles. The predicted octanol–water partition coefficient (Wildman–Crippen LogP) is 2.86. The van der Waals surface area contributed by atoms with Gasteiger partial charge in [-0.2, -0.15) is 0 Å². The topological polar surface area (TPSA) is 109 Å². The maximum Gasteiger partial charge on any atom is 0.407 e. The molecular formula is C20H35NO8S. The van der Waals surface area contributed by atoms with E-state index in [-0.39, 0.29) is 38.7 Å². The van der Waals surface area contributed by atoms with Crippen LogP contribution >= 0.6 is 12.0 Å². The number of ether oxygens (including phenoxy) is 4. The average Bonchev–Trinajstić information content (AvgIpc) is 2.67. The fraction of sp³-hybridized carbons (Fsp3) is 0.850. The summed E-state index contributed by atoms with van der Waals surface area (Å²) in [5.74, 6) is -0.699. The molecule has 174 valence electrons. The van der Waals surface area contributed by atoms with Crippen molar-refractivity contribution in [1.82, 2.24) is 5.32 Å². The van der Waals surface area contributed by atoms with Crippen LogP contribution in [0.15, 0.2) is 0 Å². The molecule has 1 heterocycles.